The normalized spacial score (nSPS) is 30.2. The zero-order valence-corrected chi connectivity index (χ0v) is 11.7. The molecule has 0 radical (unpaired) electrons. The highest BCUT2D eigenvalue weighted by Crippen LogP contribution is 2.45. The highest BCUT2D eigenvalue weighted by molar-refractivity contribution is 7.89. The first-order chi connectivity index (χ1) is 7.88. The van der Waals surface area contributed by atoms with Crippen LogP contribution in [0.15, 0.2) is 0 Å². The minimum absolute atomic E-state index is 0.239. The van der Waals surface area contributed by atoms with Crippen LogP contribution in [-0.4, -0.2) is 37.1 Å². The van der Waals surface area contributed by atoms with Crippen molar-refractivity contribution in [1.82, 2.24) is 4.31 Å². The number of sulfonamides is 1. The number of hydrogen-bond donors (Lipinski definition) is 1. The molecule has 1 saturated heterocycles. The van der Waals surface area contributed by atoms with E-state index in [1.165, 1.54) is 12.8 Å². The Morgan fingerprint density at radius 2 is 1.82 bits per heavy atom. The van der Waals surface area contributed by atoms with Crippen molar-refractivity contribution >= 4 is 10.0 Å². The lowest BCUT2D eigenvalue weighted by Gasteiger charge is -2.41. The topological polar surface area (TPSA) is 63.4 Å². The summed E-state index contributed by atoms with van der Waals surface area (Å²) in [6.07, 6.45) is 5.39. The van der Waals surface area contributed by atoms with Gasteiger partial charge in [0, 0.05) is 19.1 Å². The van der Waals surface area contributed by atoms with Crippen molar-refractivity contribution in [2.24, 2.45) is 11.1 Å². The molecule has 1 saturated carbocycles. The van der Waals surface area contributed by atoms with E-state index in [1.807, 2.05) is 0 Å². The van der Waals surface area contributed by atoms with Crippen molar-refractivity contribution < 1.29 is 8.42 Å². The van der Waals surface area contributed by atoms with E-state index in [-0.39, 0.29) is 16.7 Å². The zero-order chi connectivity index (χ0) is 12.7. The van der Waals surface area contributed by atoms with Crippen molar-refractivity contribution in [2.75, 3.05) is 13.1 Å². The van der Waals surface area contributed by atoms with Gasteiger partial charge in [0.1, 0.15) is 0 Å². The highest BCUT2D eigenvalue weighted by Gasteiger charge is 2.44. The predicted molar refractivity (Wildman–Crippen MR) is 69.1 cm³/mol. The Bertz CT molecular complexity index is 370. The monoisotopic (exact) mass is 260 g/mol. The maximum Gasteiger partial charge on any atom is 0.216 e. The second-order valence-corrected chi connectivity index (χ2v) is 8.34. The van der Waals surface area contributed by atoms with E-state index in [9.17, 15) is 8.42 Å². The molecule has 1 heterocycles. The molecule has 0 amide bonds. The number of piperidine rings is 1. The van der Waals surface area contributed by atoms with Crippen LogP contribution >= 0.6 is 0 Å². The van der Waals surface area contributed by atoms with Crippen LogP contribution in [-0.2, 0) is 10.0 Å². The molecule has 1 unspecified atom stereocenters. The van der Waals surface area contributed by atoms with Crippen LogP contribution in [0.25, 0.3) is 0 Å². The Morgan fingerprint density at radius 3 is 2.24 bits per heavy atom. The van der Waals surface area contributed by atoms with Crippen molar-refractivity contribution in [2.45, 2.75) is 57.2 Å². The van der Waals surface area contributed by atoms with Gasteiger partial charge in [-0.2, -0.15) is 0 Å². The Kier molecular flexibility index (Phi) is 3.54. The van der Waals surface area contributed by atoms with Crippen LogP contribution in [0.5, 0.6) is 0 Å². The molecule has 17 heavy (non-hydrogen) atoms. The summed E-state index contributed by atoms with van der Waals surface area (Å²) in [6.45, 7) is 4.82. The number of rotatable bonds is 2. The van der Waals surface area contributed by atoms with Gasteiger partial charge in [0.15, 0.2) is 0 Å². The van der Waals surface area contributed by atoms with Crippen LogP contribution < -0.4 is 5.73 Å². The van der Waals surface area contributed by atoms with Crippen molar-refractivity contribution in [3.05, 3.63) is 0 Å². The second kappa shape index (κ2) is 4.52. The van der Waals surface area contributed by atoms with E-state index in [1.54, 1.807) is 18.2 Å². The van der Waals surface area contributed by atoms with Gasteiger partial charge < -0.3 is 5.73 Å². The molecular weight excluding hydrogens is 236 g/mol. The lowest BCUT2D eigenvalue weighted by molar-refractivity contribution is 0.140. The SMILES string of the molecule is CC(C)S(=O)(=O)N1CCC2(CCCC2N)CC1. The largest absolute Gasteiger partial charge is 0.327 e. The number of nitrogens with two attached hydrogens (primary N) is 1. The van der Waals surface area contributed by atoms with Crippen LogP contribution in [0.1, 0.15) is 46.0 Å². The maximum absolute atomic E-state index is 12.1. The molecule has 0 aromatic rings. The molecule has 100 valence electrons. The molecule has 0 bridgehead atoms. The molecule has 4 nitrogen and oxygen atoms in total. The Labute approximate surface area is 105 Å². The average Bonchev–Trinajstić information content (AvgIpc) is 2.61. The molecule has 2 rings (SSSR count). The van der Waals surface area contributed by atoms with Gasteiger partial charge in [0.2, 0.25) is 10.0 Å². The summed E-state index contributed by atoms with van der Waals surface area (Å²) in [4.78, 5) is 0. The van der Waals surface area contributed by atoms with Crippen molar-refractivity contribution in [3.8, 4) is 0 Å². The molecule has 1 spiro atoms. The summed E-state index contributed by atoms with van der Waals surface area (Å²) in [5, 5.41) is -0.311. The van der Waals surface area contributed by atoms with Gasteiger partial charge in [-0.25, -0.2) is 12.7 Å². The van der Waals surface area contributed by atoms with E-state index in [0.717, 1.165) is 19.3 Å². The van der Waals surface area contributed by atoms with Crippen molar-refractivity contribution in [3.63, 3.8) is 0 Å². The summed E-state index contributed by atoms with van der Waals surface area (Å²) in [5.74, 6) is 0. The van der Waals surface area contributed by atoms with Crippen molar-refractivity contribution in [1.29, 1.82) is 0 Å². The fourth-order valence-corrected chi connectivity index (χ4v) is 4.56. The number of hydrogen-bond acceptors (Lipinski definition) is 3. The summed E-state index contributed by atoms with van der Waals surface area (Å²) < 4.78 is 25.8. The average molecular weight is 260 g/mol. The summed E-state index contributed by atoms with van der Waals surface area (Å²) in [6, 6.07) is 0.284. The van der Waals surface area contributed by atoms with E-state index < -0.39 is 10.0 Å². The standard InChI is InChI=1S/C12H24N2O2S/c1-10(2)17(15,16)14-8-6-12(7-9-14)5-3-4-11(12)13/h10-11H,3-9,13H2,1-2H3. The second-order valence-electron chi connectivity index (χ2n) is 5.85. The Hall–Kier alpha value is -0.130. The first-order valence-corrected chi connectivity index (χ1v) is 8.13. The first-order valence-electron chi connectivity index (χ1n) is 6.63. The van der Waals surface area contributed by atoms with Gasteiger partial charge in [-0.3, -0.25) is 0 Å². The molecule has 2 aliphatic rings. The van der Waals surface area contributed by atoms with E-state index in [2.05, 4.69) is 0 Å². The van der Waals surface area contributed by atoms with Crippen LogP contribution in [0.2, 0.25) is 0 Å². The summed E-state index contributed by atoms with van der Waals surface area (Å²) >= 11 is 0. The van der Waals surface area contributed by atoms with Gasteiger partial charge in [-0.15, -0.1) is 0 Å². The van der Waals surface area contributed by atoms with Crippen LogP contribution in [0.3, 0.4) is 0 Å². The van der Waals surface area contributed by atoms with Crippen LogP contribution in [0.4, 0.5) is 0 Å². The van der Waals surface area contributed by atoms with E-state index in [4.69, 9.17) is 5.73 Å². The Balaban J connectivity index is 2.04. The molecule has 1 atom stereocenters. The highest BCUT2D eigenvalue weighted by atomic mass is 32.2. The minimum atomic E-state index is -3.07. The maximum atomic E-state index is 12.1. The molecule has 1 aliphatic carbocycles. The zero-order valence-electron chi connectivity index (χ0n) is 10.9. The molecule has 5 heteroatoms. The van der Waals surface area contributed by atoms with Gasteiger partial charge in [-0.1, -0.05) is 6.42 Å². The summed E-state index contributed by atoms with van der Waals surface area (Å²) in [7, 11) is -3.07. The van der Waals surface area contributed by atoms with Crippen LogP contribution in [0, 0.1) is 5.41 Å². The predicted octanol–water partition coefficient (Wildman–Crippen LogP) is 1.32. The number of nitrogens with zero attached hydrogens (tertiary/aromatic N) is 1. The summed E-state index contributed by atoms with van der Waals surface area (Å²) in [5.41, 5.74) is 6.43. The third-order valence-electron chi connectivity index (χ3n) is 4.65. The molecule has 0 aromatic heterocycles. The first kappa shape index (κ1) is 13.3. The molecule has 0 aromatic carbocycles. The smallest absolute Gasteiger partial charge is 0.216 e. The molecular formula is C12H24N2O2S. The lowest BCUT2D eigenvalue weighted by atomic mass is 9.75. The van der Waals surface area contributed by atoms with Gasteiger partial charge >= 0.3 is 0 Å². The van der Waals surface area contributed by atoms with Gasteiger partial charge in [-0.05, 0) is 44.9 Å². The Morgan fingerprint density at radius 1 is 1.24 bits per heavy atom. The third kappa shape index (κ3) is 2.25. The van der Waals surface area contributed by atoms with E-state index in [0.29, 0.717) is 13.1 Å². The quantitative estimate of drug-likeness (QED) is 0.814. The minimum Gasteiger partial charge on any atom is -0.327 e. The molecule has 1 aliphatic heterocycles. The van der Waals surface area contributed by atoms with Gasteiger partial charge in [0.25, 0.3) is 0 Å². The fourth-order valence-electron chi connectivity index (χ4n) is 3.27. The molecule has 2 N–H and O–H groups in total. The third-order valence-corrected chi connectivity index (χ3v) is 6.93. The van der Waals surface area contributed by atoms with E-state index >= 15 is 0 Å². The molecule has 2 fully saturated rings. The fraction of sp³-hybridized carbons (Fsp3) is 1.00. The lowest BCUT2D eigenvalue weighted by Crippen LogP contribution is -2.49. The van der Waals surface area contributed by atoms with Gasteiger partial charge in [0.05, 0.1) is 5.25 Å².